The summed E-state index contributed by atoms with van der Waals surface area (Å²) >= 11 is 0. The van der Waals surface area contributed by atoms with E-state index >= 15 is 0 Å². The van der Waals surface area contributed by atoms with Crippen LogP contribution in [-0.4, -0.2) is 19.7 Å². The van der Waals surface area contributed by atoms with Gasteiger partial charge in [-0.15, -0.1) is 0 Å². The highest BCUT2D eigenvalue weighted by atomic mass is 15.3. The normalized spacial score (nSPS) is 10.6. The van der Waals surface area contributed by atoms with E-state index in [1.165, 1.54) is 0 Å². The first-order valence-electron chi connectivity index (χ1n) is 5.92. The quantitative estimate of drug-likeness (QED) is 0.709. The van der Waals surface area contributed by atoms with E-state index in [0.29, 0.717) is 0 Å². The van der Waals surface area contributed by atoms with Crippen LogP contribution < -0.4 is 5.73 Å². The van der Waals surface area contributed by atoms with E-state index in [4.69, 9.17) is 5.73 Å². The smallest absolute Gasteiger partial charge is 0.174 e. The number of nitrogens with two attached hydrogens (primary N) is 1. The maximum absolute atomic E-state index is 5.79. The lowest BCUT2D eigenvalue weighted by Crippen LogP contribution is -2.01. The summed E-state index contributed by atoms with van der Waals surface area (Å²) in [5, 5.41) is 4.33. The molecule has 2 heterocycles. The Kier molecular flexibility index (Phi) is 2.72. The lowest BCUT2D eigenvalue weighted by Gasteiger charge is -2.02. The highest BCUT2D eigenvalue weighted by Crippen LogP contribution is 2.21. The van der Waals surface area contributed by atoms with Crippen molar-refractivity contribution in [3.63, 3.8) is 0 Å². The summed E-state index contributed by atoms with van der Waals surface area (Å²) < 4.78 is 1.72. The van der Waals surface area contributed by atoms with Crippen LogP contribution in [0.25, 0.3) is 16.9 Å². The lowest BCUT2D eigenvalue weighted by atomic mass is 10.1. The number of benzene rings is 1. The minimum Gasteiger partial charge on any atom is -0.399 e. The molecule has 0 fully saturated rings. The zero-order chi connectivity index (χ0) is 13.2. The summed E-state index contributed by atoms with van der Waals surface area (Å²) in [6.07, 6.45) is 7.04. The van der Waals surface area contributed by atoms with E-state index in [2.05, 4.69) is 15.1 Å². The van der Waals surface area contributed by atoms with Gasteiger partial charge in [0.1, 0.15) is 0 Å². The number of nitrogen functional groups attached to an aromatic ring is 1. The van der Waals surface area contributed by atoms with Gasteiger partial charge in [-0.3, -0.25) is 4.98 Å². The topological polar surface area (TPSA) is 69.6 Å². The summed E-state index contributed by atoms with van der Waals surface area (Å²) in [6.45, 7) is 1.91. The maximum Gasteiger partial charge on any atom is 0.174 e. The molecule has 5 heteroatoms. The average Bonchev–Trinajstić information content (AvgIpc) is 2.89. The largest absolute Gasteiger partial charge is 0.399 e. The third-order valence-electron chi connectivity index (χ3n) is 2.87. The Labute approximate surface area is 110 Å². The third kappa shape index (κ3) is 2.18. The second-order valence-corrected chi connectivity index (χ2v) is 4.26. The van der Waals surface area contributed by atoms with Gasteiger partial charge in [0.2, 0.25) is 0 Å². The van der Waals surface area contributed by atoms with Crippen molar-refractivity contribution in [2.24, 2.45) is 0 Å². The standard InChI is InChI=1S/C14H13N5/c1-10-14(17-6-5-16-10)19-9-12(8-18-19)11-3-2-4-13(15)7-11/h2-9H,15H2,1H3. The molecule has 0 aliphatic heterocycles. The number of rotatable bonds is 2. The van der Waals surface area contributed by atoms with Crippen LogP contribution in [0.5, 0.6) is 0 Å². The lowest BCUT2D eigenvalue weighted by molar-refractivity contribution is 0.824. The van der Waals surface area contributed by atoms with Crippen LogP contribution in [0.15, 0.2) is 49.1 Å². The number of aromatic nitrogens is 4. The molecule has 0 bridgehead atoms. The number of hydrogen-bond donors (Lipinski definition) is 1. The van der Waals surface area contributed by atoms with Crippen molar-refractivity contribution in [3.8, 4) is 16.9 Å². The molecule has 5 nitrogen and oxygen atoms in total. The predicted octanol–water partition coefficient (Wildman–Crippen LogP) is 2.22. The van der Waals surface area contributed by atoms with Crippen molar-refractivity contribution in [2.45, 2.75) is 6.92 Å². The highest BCUT2D eigenvalue weighted by molar-refractivity contribution is 5.66. The van der Waals surface area contributed by atoms with Crippen LogP contribution >= 0.6 is 0 Å². The second-order valence-electron chi connectivity index (χ2n) is 4.26. The molecule has 0 spiro atoms. The van der Waals surface area contributed by atoms with Gasteiger partial charge in [-0.1, -0.05) is 12.1 Å². The fourth-order valence-electron chi connectivity index (χ4n) is 1.93. The minimum absolute atomic E-state index is 0.734. The number of anilines is 1. The van der Waals surface area contributed by atoms with Crippen LogP contribution in [0, 0.1) is 6.92 Å². The minimum atomic E-state index is 0.734. The van der Waals surface area contributed by atoms with E-state index in [9.17, 15) is 0 Å². The zero-order valence-electron chi connectivity index (χ0n) is 10.5. The van der Waals surface area contributed by atoms with Crippen molar-refractivity contribution in [1.29, 1.82) is 0 Å². The molecule has 2 N–H and O–H groups in total. The van der Waals surface area contributed by atoms with Gasteiger partial charge in [-0.25, -0.2) is 9.67 Å². The Morgan fingerprint density at radius 3 is 2.74 bits per heavy atom. The first kappa shape index (κ1) is 11.4. The average molecular weight is 251 g/mol. The van der Waals surface area contributed by atoms with E-state index in [-0.39, 0.29) is 0 Å². The summed E-state index contributed by atoms with van der Waals surface area (Å²) in [5.74, 6) is 0.734. The second kappa shape index (κ2) is 4.53. The highest BCUT2D eigenvalue weighted by Gasteiger charge is 2.07. The molecule has 3 aromatic rings. The molecule has 0 saturated carbocycles. The Bertz CT molecular complexity index is 717. The molecule has 0 saturated heterocycles. The van der Waals surface area contributed by atoms with Crippen molar-refractivity contribution >= 4 is 5.69 Å². The van der Waals surface area contributed by atoms with Gasteiger partial charge >= 0.3 is 0 Å². The van der Waals surface area contributed by atoms with Crippen molar-refractivity contribution in [1.82, 2.24) is 19.7 Å². The fraction of sp³-hybridized carbons (Fsp3) is 0.0714. The molecular formula is C14H13N5. The molecule has 19 heavy (non-hydrogen) atoms. The van der Waals surface area contributed by atoms with Gasteiger partial charge in [0.05, 0.1) is 11.9 Å². The van der Waals surface area contributed by atoms with Crippen LogP contribution in [0.1, 0.15) is 5.69 Å². The molecule has 0 aliphatic carbocycles. The SMILES string of the molecule is Cc1nccnc1-n1cc(-c2cccc(N)c2)cn1. The molecule has 94 valence electrons. The number of nitrogens with zero attached hydrogens (tertiary/aromatic N) is 4. The van der Waals surface area contributed by atoms with Gasteiger partial charge in [0.15, 0.2) is 5.82 Å². The molecular weight excluding hydrogens is 238 g/mol. The molecule has 0 radical (unpaired) electrons. The first-order chi connectivity index (χ1) is 9.24. The van der Waals surface area contributed by atoms with Gasteiger partial charge < -0.3 is 5.73 Å². The Balaban J connectivity index is 2.03. The van der Waals surface area contributed by atoms with Crippen LogP contribution in [0.2, 0.25) is 0 Å². The molecule has 0 atom stereocenters. The number of aryl methyl sites for hydroxylation is 1. The van der Waals surface area contributed by atoms with E-state index in [1.54, 1.807) is 23.3 Å². The monoisotopic (exact) mass is 251 g/mol. The van der Waals surface area contributed by atoms with Crippen LogP contribution in [0.4, 0.5) is 5.69 Å². The summed E-state index contributed by atoms with van der Waals surface area (Å²) in [4.78, 5) is 8.49. The summed E-state index contributed by atoms with van der Waals surface area (Å²) in [7, 11) is 0. The fourth-order valence-corrected chi connectivity index (χ4v) is 1.93. The van der Waals surface area contributed by atoms with Crippen molar-refractivity contribution < 1.29 is 0 Å². The Hall–Kier alpha value is -2.69. The van der Waals surface area contributed by atoms with Crippen molar-refractivity contribution in [2.75, 3.05) is 5.73 Å². The van der Waals surface area contributed by atoms with Crippen LogP contribution in [0.3, 0.4) is 0 Å². The molecule has 3 rings (SSSR count). The van der Waals surface area contributed by atoms with Crippen LogP contribution in [-0.2, 0) is 0 Å². The molecule has 0 unspecified atom stereocenters. The third-order valence-corrected chi connectivity index (χ3v) is 2.87. The predicted molar refractivity (Wildman–Crippen MR) is 73.7 cm³/mol. The Morgan fingerprint density at radius 2 is 1.95 bits per heavy atom. The summed E-state index contributed by atoms with van der Waals surface area (Å²) in [6, 6.07) is 7.71. The molecule has 1 aromatic carbocycles. The van der Waals surface area contributed by atoms with Crippen molar-refractivity contribution in [3.05, 3.63) is 54.7 Å². The van der Waals surface area contributed by atoms with Gasteiger partial charge in [0, 0.05) is 29.8 Å². The number of hydrogen-bond acceptors (Lipinski definition) is 4. The first-order valence-corrected chi connectivity index (χ1v) is 5.92. The molecule has 2 aromatic heterocycles. The van der Waals surface area contributed by atoms with E-state index in [1.807, 2.05) is 37.4 Å². The molecule has 0 aliphatic rings. The van der Waals surface area contributed by atoms with Gasteiger partial charge in [-0.2, -0.15) is 5.10 Å². The molecule has 0 amide bonds. The Morgan fingerprint density at radius 1 is 1.11 bits per heavy atom. The zero-order valence-corrected chi connectivity index (χ0v) is 10.5. The maximum atomic E-state index is 5.79. The van der Waals surface area contributed by atoms with E-state index in [0.717, 1.165) is 28.3 Å². The van der Waals surface area contributed by atoms with Gasteiger partial charge in [-0.05, 0) is 24.6 Å². The van der Waals surface area contributed by atoms with E-state index < -0.39 is 0 Å². The summed E-state index contributed by atoms with van der Waals surface area (Å²) in [5.41, 5.74) is 9.40. The van der Waals surface area contributed by atoms with Gasteiger partial charge in [0.25, 0.3) is 0 Å².